The smallest absolute Gasteiger partial charge is 0.391 e. The zero-order chi connectivity index (χ0) is 36.3. The number of β-amino-alcohol motifs (C(OH)–C–C–N with tert-alkyl or cyclic N) is 1. The monoisotopic (exact) mass is 717 g/mol. The van der Waals surface area contributed by atoms with Gasteiger partial charge in [0.2, 0.25) is 11.9 Å². The van der Waals surface area contributed by atoms with Crippen molar-refractivity contribution in [2.24, 2.45) is 5.41 Å². The molecule has 2 aromatic heterocycles. The van der Waals surface area contributed by atoms with Crippen LogP contribution in [0.5, 0.6) is 0 Å². The second kappa shape index (κ2) is 13.5. The Balaban J connectivity index is 1.25. The SMILES string of the molecule is CC1(C)Cc2nc(C3CCN(c4ncc(N5CC[C@H](O)C5)cn4)CC3)c(Cc3ccc(C(F)(F)F)cc3F)c(C3CCC(F)(F)CC3)c2[C@@H](O)C1. The Morgan fingerprint density at radius 1 is 0.882 bits per heavy atom. The number of fused-ring (bicyclic) bond motifs is 1. The van der Waals surface area contributed by atoms with Gasteiger partial charge < -0.3 is 20.0 Å². The predicted molar refractivity (Wildman–Crippen MR) is 181 cm³/mol. The number of anilines is 2. The highest BCUT2D eigenvalue weighted by Gasteiger charge is 2.42. The van der Waals surface area contributed by atoms with E-state index in [-0.39, 0.29) is 61.0 Å². The summed E-state index contributed by atoms with van der Waals surface area (Å²) in [6, 6.07) is 2.54. The van der Waals surface area contributed by atoms with E-state index in [1.54, 1.807) is 12.4 Å². The third kappa shape index (κ3) is 7.56. The number of halogens is 6. The van der Waals surface area contributed by atoms with Crippen LogP contribution in [0.4, 0.5) is 38.0 Å². The van der Waals surface area contributed by atoms with Crippen molar-refractivity contribution in [3.05, 3.63) is 75.6 Å². The van der Waals surface area contributed by atoms with Crippen molar-refractivity contribution in [3.8, 4) is 0 Å². The van der Waals surface area contributed by atoms with E-state index < -0.39 is 29.6 Å². The Kier molecular flexibility index (Phi) is 9.52. The molecule has 3 fully saturated rings. The normalized spacial score (nSPS) is 24.2. The van der Waals surface area contributed by atoms with E-state index in [1.165, 1.54) is 0 Å². The van der Waals surface area contributed by atoms with Gasteiger partial charge in [-0.2, -0.15) is 13.2 Å². The van der Waals surface area contributed by atoms with E-state index in [2.05, 4.69) is 28.7 Å². The lowest BCUT2D eigenvalue weighted by molar-refractivity contribution is -0.137. The summed E-state index contributed by atoms with van der Waals surface area (Å²) in [5, 5.41) is 21.5. The Hall–Kier alpha value is -3.45. The van der Waals surface area contributed by atoms with Crippen LogP contribution in [0.15, 0.2) is 30.6 Å². The van der Waals surface area contributed by atoms with Crippen LogP contribution in [0.2, 0.25) is 0 Å². The van der Waals surface area contributed by atoms with Gasteiger partial charge in [-0.05, 0) is 85.1 Å². The zero-order valence-corrected chi connectivity index (χ0v) is 29.0. The van der Waals surface area contributed by atoms with Gasteiger partial charge in [-0.3, -0.25) is 4.98 Å². The number of piperidine rings is 1. The van der Waals surface area contributed by atoms with Crippen molar-refractivity contribution in [2.75, 3.05) is 36.0 Å². The number of alkyl halides is 5. The molecule has 0 spiro atoms. The topological polar surface area (TPSA) is 85.6 Å². The van der Waals surface area contributed by atoms with Crippen molar-refractivity contribution in [1.82, 2.24) is 15.0 Å². The van der Waals surface area contributed by atoms with Crippen LogP contribution in [0.25, 0.3) is 0 Å². The van der Waals surface area contributed by atoms with E-state index in [0.717, 1.165) is 35.6 Å². The Bertz CT molecular complexity index is 1730. The molecular weight excluding hydrogens is 672 g/mol. The molecule has 2 atom stereocenters. The summed E-state index contributed by atoms with van der Waals surface area (Å²) in [6.07, 6.45) is 0.254. The highest BCUT2D eigenvalue weighted by Crippen LogP contribution is 2.50. The summed E-state index contributed by atoms with van der Waals surface area (Å²) in [5.41, 5.74) is 3.02. The van der Waals surface area contributed by atoms with Gasteiger partial charge in [-0.1, -0.05) is 19.9 Å². The number of aliphatic hydroxyl groups excluding tert-OH is 2. The van der Waals surface area contributed by atoms with Crippen molar-refractivity contribution in [1.29, 1.82) is 0 Å². The molecule has 0 amide bonds. The largest absolute Gasteiger partial charge is 0.416 e. The van der Waals surface area contributed by atoms with Gasteiger partial charge in [-0.25, -0.2) is 23.1 Å². The number of hydrogen-bond donors (Lipinski definition) is 2. The predicted octanol–water partition coefficient (Wildman–Crippen LogP) is 7.87. The molecule has 0 radical (unpaired) electrons. The van der Waals surface area contributed by atoms with Crippen LogP contribution < -0.4 is 9.80 Å². The van der Waals surface area contributed by atoms with E-state index in [4.69, 9.17) is 4.98 Å². The summed E-state index contributed by atoms with van der Waals surface area (Å²) < 4.78 is 84.9. The van der Waals surface area contributed by atoms with Gasteiger partial charge in [0.15, 0.2) is 0 Å². The van der Waals surface area contributed by atoms with Gasteiger partial charge in [0, 0.05) is 68.3 Å². The summed E-state index contributed by atoms with van der Waals surface area (Å²) in [5.74, 6) is -3.64. The maximum Gasteiger partial charge on any atom is 0.416 e. The van der Waals surface area contributed by atoms with Crippen LogP contribution in [-0.4, -0.2) is 63.4 Å². The lowest BCUT2D eigenvalue weighted by atomic mass is 9.68. The molecule has 4 aliphatic rings. The molecule has 2 aliphatic heterocycles. The van der Waals surface area contributed by atoms with Gasteiger partial charge in [-0.15, -0.1) is 0 Å². The molecule has 2 aliphatic carbocycles. The molecule has 51 heavy (non-hydrogen) atoms. The maximum absolute atomic E-state index is 15.5. The Morgan fingerprint density at radius 3 is 2.16 bits per heavy atom. The van der Waals surface area contributed by atoms with E-state index in [1.807, 2.05) is 4.90 Å². The Morgan fingerprint density at radius 2 is 1.55 bits per heavy atom. The maximum atomic E-state index is 15.5. The standard InChI is InChI=1S/C38H45F6N5O2/c1-36(2)17-30-33(31(51)18-36)32(22-5-10-37(40,41)11-6-22)28(15-24-3-4-25(16-29(24)39)38(42,43)44)34(47-30)23-7-12-48(13-8-23)35-45-19-26(20-46-35)49-14-9-27(50)21-49/h3-4,16,19-20,22-23,27,31,50-51H,5-15,17-18,21H2,1-2H3/t27-,31-/m0/s1. The molecule has 276 valence electrons. The first-order chi connectivity index (χ1) is 24.1. The number of rotatable bonds is 6. The van der Waals surface area contributed by atoms with Gasteiger partial charge in [0.1, 0.15) is 5.82 Å². The summed E-state index contributed by atoms with van der Waals surface area (Å²) in [6.45, 7) is 6.59. The summed E-state index contributed by atoms with van der Waals surface area (Å²) >= 11 is 0. The molecule has 2 N–H and O–H groups in total. The van der Waals surface area contributed by atoms with Crippen LogP contribution in [0, 0.1) is 11.2 Å². The quantitative estimate of drug-likeness (QED) is 0.251. The minimum atomic E-state index is -4.71. The molecule has 1 saturated carbocycles. The van der Waals surface area contributed by atoms with Crippen LogP contribution >= 0.6 is 0 Å². The average Bonchev–Trinajstić information content (AvgIpc) is 3.51. The molecule has 3 aromatic rings. The first-order valence-corrected chi connectivity index (χ1v) is 18.0. The van der Waals surface area contributed by atoms with Crippen molar-refractivity contribution in [2.45, 2.75) is 114 Å². The number of aromatic nitrogens is 3. The van der Waals surface area contributed by atoms with Crippen molar-refractivity contribution >= 4 is 11.6 Å². The molecule has 0 bridgehead atoms. The summed E-state index contributed by atoms with van der Waals surface area (Å²) in [4.78, 5) is 18.6. The van der Waals surface area contributed by atoms with E-state index >= 15 is 4.39 Å². The molecule has 4 heterocycles. The van der Waals surface area contributed by atoms with Gasteiger partial charge >= 0.3 is 6.18 Å². The highest BCUT2D eigenvalue weighted by atomic mass is 19.4. The minimum absolute atomic E-state index is 0.0616. The fourth-order valence-corrected chi connectivity index (χ4v) is 8.73. The number of nitrogens with zero attached hydrogens (tertiary/aromatic N) is 5. The molecule has 7 rings (SSSR count). The van der Waals surface area contributed by atoms with Crippen molar-refractivity contribution in [3.63, 3.8) is 0 Å². The number of hydrogen-bond acceptors (Lipinski definition) is 7. The number of benzene rings is 1. The van der Waals surface area contributed by atoms with Gasteiger partial charge in [0.05, 0.1) is 35.9 Å². The highest BCUT2D eigenvalue weighted by molar-refractivity contribution is 5.50. The number of pyridine rings is 1. The average molecular weight is 718 g/mol. The second-order valence-corrected chi connectivity index (χ2v) is 15.8. The van der Waals surface area contributed by atoms with E-state index in [0.29, 0.717) is 80.6 Å². The fourth-order valence-electron chi connectivity index (χ4n) is 8.73. The molecule has 1 aromatic carbocycles. The Labute approximate surface area is 294 Å². The lowest BCUT2D eigenvalue weighted by Crippen LogP contribution is -2.36. The second-order valence-electron chi connectivity index (χ2n) is 15.8. The van der Waals surface area contributed by atoms with Crippen LogP contribution in [-0.2, 0) is 19.0 Å². The molecule has 13 heteroatoms. The fraction of sp³-hybridized carbons (Fsp3) is 0.605. The minimum Gasteiger partial charge on any atom is -0.391 e. The third-order valence-corrected chi connectivity index (χ3v) is 11.4. The molecule has 0 unspecified atom stereocenters. The zero-order valence-electron chi connectivity index (χ0n) is 29.0. The van der Waals surface area contributed by atoms with Gasteiger partial charge in [0.25, 0.3) is 0 Å². The number of aliphatic hydroxyl groups is 2. The molecule has 2 saturated heterocycles. The summed E-state index contributed by atoms with van der Waals surface area (Å²) in [7, 11) is 0. The molecule has 7 nitrogen and oxygen atoms in total. The third-order valence-electron chi connectivity index (χ3n) is 11.4. The van der Waals surface area contributed by atoms with Crippen LogP contribution in [0.1, 0.15) is 122 Å². The molecular formula is C38H45F6N5O2. The van der Waals surface area contributed by atoms with Crippen LogP contribution in [0.3, 0.4) is 0 Å². The van der Waals surface area contributed by atoms with Crippen molar-refractivity contribution < 1.29 is 36.6 Å². The lowest BCUT2D eigenvalue weighted by Gasteiger charge is -2.40. The first-order valence-electron chi connectivity index (χ1n) is 18.0. The van der Waals surface area contributed by atoms with E-state index in [9.17, 15) is 32.2 Å². The first kappa shape index (κ1) is 35.9.